The summed E-state index contributed by atoms with van der Waals surface area (Å²) < 4.78 is 4.94. The Bertz CT molecular complexity index is 4170. The van der Waals surface area contributed by atoms with E-state index in [9.17, 15) is 0 Å². The highest BCUT2D eigenvalue weighted by Crippen LogP contribution is 2.63. The summed E-state index contributed by atoms with van der Waals surface area (Å²) in [6.07, 6.45) is 0. The van der Waals surface area contributed by atoms with Gasteiger partial charge in [-0.1, -0.05) is 188 Å². The van der Waals surface area contributed by atoms with Crippen LogP contribution in [0.1, 0.15) is 22.3 Å². The van der Waals surface area contributed by atoms with Crippen molar-refractivity contribution in [1.29, 1.82) is 0 Å². The van der Waals surface area contributed by atoms with Crippen molar-refractivity contribution >= 4 is 43.6 Å². The second-order valence-corrected chi connectivity index (χ2v) is 18.8. The van der Waals surface area contributed by atoms with E-state index >= 15 is 0 Å². The summed E-state index contributed by atoms with van der Waals surface area (Å²) in [5.74, 6) is 0. The van der Waals surface area contributed by atoms with Crippen LogP contribution in [0.3, 0.4) is 0 Å². The molecule has 0 bridgehead atoms. The second kappa shape index (κ2) is 14.5. The van der Waals surface area contributed by atoms with Crippen LogP contribution < -0.4 is 0 Å². The first-order chi connectivity index (χ1) is 34.2. The number of aromatic nitrogens is 2. The van der Waals surface area contributed by atoms with Crippen molar-refractivity contribution in [2.24, 2.45) is 0 Å². The molecule has 0 atom stereocenters. The van der Waals surface area contributed by atoms with Crippen molar-refractivity contribution in [2.45, 2.75) is 5.41 Å². The van der Waals surface area contributed by atoms with Crippen LogP contribution in [0, 0.1) is 0 Å². The molecule has 0 aliphatic heterocycles. The van der Waals surface area contributed by atoms with E-state index in [1.165, 1.54) is 127 Å². The molecule has 2 aliphatic rings. The zero-order chi connectivity index (χ0) is 45.2. The number of nitrogens with zero attached hydrogens (tertiary/aromatic N) is 2. The summed E-state index contributed by atoms with van der Waals surface area (Å²) in [4.78, 5) is 0. The van der Waals surface area contributed by atoms with Crippen molar-refractivity contribution in [3.8, 4) is 67.0 Å². The van der Waals surface area contributed by atoms with Gasteiger partial charge in [-0.25, -0.2) is 0 Å². The van der Waals surface area contributed by atoms with Gasteiger partial charge in [0.15, 0.2) is 0 Å². The van der Waals surface area contributed by atoms with Crippen molar-refractivity contribution in [2.75, 3.05) is 0 Å². The van der Waals surface area contributed by atoms with Gasteiger partial charge in [-0.15, -0.1) is 0 Å². The van der Waals surface area contributed by atoms with Crippen LogP contribution in [0.2, 0.25) is 0 Å². The molecule has 0 unspecified atom stereocenters. The number of fused-ring (bicyclic) bond motifs is 16. The van der Waals surface area contributed by atoms with Crippen molar-refractivity contribution in [3.63, 3.8) is 0 Å². The van der Waals surface area contributed by atoms with Gasteiger partial charge in [-0.2, -0.15) is 0 Å². The van der Waals surface area contributed by atoms with Crippen LogP contribution in [0.4, 0.5) is 0 Å². The highest BCUT2D eigenvalue weighted by Gasteiger charge is 2.51. The minimum absolute atomic E-state index is 0.410. The smallest absolute Gasteiger partial charge is 0.0726 e. The molecule has 2 aromatic heterocycles. The molecule has 13 aromatic rings. The van der Waals surface area contributed by atoms with Crippen LogP contribution in [-0.4, -0.2) is 9.13 Å². The third-order valence-electron chi connectivity index (χ3n) is 15.3. The topological polar surface area (TPSA) is 9.86 Å². The number of hydrogen-bond acceptors (Lipinski definition) is 0. The zero-order valence-electron chi connectivity index (χ0n) is 37.6. The molecular weight excluding hydrogens is 833 g/mol. The highest BCUT2D eigenvalue weighted by molar-refractivity contribution is 6.18. The summed E-state index contributed by atoms with van der Waals surface area (Å²) in [6, 6.07) is 94.8. The standard InChI is InChI=1S/C67H42N2/c1-4-18-43(19-5-1)47-40-55(44-20-6-2-7-21-44)66-57-39-46(33-37-64(57)68(65(66)41-47)48-22-8-3-9-23-48)45-32-36-63-56(38-45)54-27-13-17-31-62(54)69(63)49-34-35-53-52-26-12-16-30-60(52)67(61(53)42-49)58-28-14-10-24-50(58)51-25-11-15-29-59(51)67/h1-42H. The molecule has 0 amide bonds. The van der Waals surface area contributed by atoms with Gasteiger partial charge in [0.1, 0.15) is 0 Å². The minimum Gasteiger partial charge on any atom is -0.309 e. The summed E-state index contributed by atoms with van der Waals surface area (Å²) in [5, 5.41) is 4.96. The van der Waals surface area contributed by atoms with Gasteiger partial charge in [0.25, 0.3) is 0 Å². The molecule has 2 heteroatoms. The van der Waals surface area contributed by atoms with Gasteiger partial charge in [-0.05, 0) is 145 Å². The SMILES string of the molecule is c1ccc(-c2cc(-c3ccccc3)c3c4cc(-c5ccc6c(c5)c5ccccc5n6-c5ccc6c(c5)C5(c7ccccc7-c7ccccc75)c5ccccc5-6)ccc4n(-c4ccccc4)c3c2)cc1. The van der Waals surface area contributed by atoms with Gasteiger partial charge in [-0.3, -0.25) is 0 Å². The Kier molecular flexibility index (Phi) is 8.02. The highest BCUT2D eigenvalue weighted by atomic mass is 15.0. The van der Waals surface area contributed by atoms with Gasteiger partial charge in [0.05, 0.1) is 27.5 Å². The quantitative estimate of drug-likeness (QED) is 0.163. The number of benzene rings is 11. The van der Waals surface area contributed by atoms with Gasteiger partial charge < -0.3 is 9.13 Å². The Morgan fingerprint density at radius 3 is 1.38 bits per heavy atom. The maximum atomic E-state index is 2.50. The van der Waals surface area contributed by atoms with Crippen molar-refractivity contribution in [3.05, 3.63) is 277 Å². The van der Waals surface area contributed by atoms with Crippen LogP contribution in [-0.2, 0) is 5.41 Å². The number of para-hydroxylation sites is 2. The van der Waals surface area contributed by atoms with E-state index in [-0.39, 0.29) is 0 Å². The number of rotatable bonds is 5. The summed E-state index contributed by atoms with van der Waals surface area (Å²) in [7, 11) is 0. The Labute approximate surface area is 400 Å². The molecule has 0 saturated heterocycles. The second-order valence-electron chi connectivity index (χ2n) is 18.8. The van der Waals surface area contributed by atoms with E-state index in [0.717, 1.165) is 5.69 Å². The molecule has 2 aliphatic carbocycles. The van der Waals surface area contributed by atoms with Crippen LogP contribution in [0.25, 0.3) is 111 Å². The predicted molar refractivity (Wildman–Crippen MR) is 288 cm³/mol. The first kappa shape index (κ1) is 38.2. The van der Waals surface area contributed by atoms with Crippen LogP contribution >= 0.6 is 0 Å². The Morgan fingerprint density at radius 2 is 0.725 bits per heavy atom. The van der Waals surface area contributed by atoms with E-state index < -0.39 is 5.41 Å². The van der Waals surface area contributed by atoms with Crippen LogP contribution in [0.15, 0.2) is 255 Å². The van der Waals surface area contributed by atoms with E-state index in [2.05, 4.69) is 264 Å². The van der Waals surface area contributed by atoms with Gasteiger partial charge >= 0.3 is 0 Å². The predicted octanol–water partition coefficient (Wildman–Crippen LogP) is 17.2. The maximum Gasteiger partial charge on any atom is 0.0726 e. The molecule has 320 valence electrons. The van der Waals surface area contributed by atoms with Crippen molar-refractivity contribution < 1.29 is 0 Å². The van der Waals surface area contributed by atoms with Gasteiger partial charge in [0.2, 0.25) is 0 Å². The van der Waals surface area contributed by atoms with E-state index in [0.29, 0.717) is 0 Å². The van der Waals surface area contributed by atoms with Crippen molar-refractivity contribution in [1.82, 2.24) is 9.13 Å². The number of hydrogen-bond donors (Lipinski definition) is 0. The fourth-order valence-corrected chi connectivity index (χ4v) is 12.5. The molecule has 0 fully saturated rings. The normalized spacial score (nSPS) is 13.0. The molecule has 2 heterocycles. The fraction of sp³-hybridized carbons (Fsp3) is 0.0149. The minimum atomic E-state index is -0.410. The maximum absolute atomic E-state index is 2.50. The molecule has 15 rings (SSSR count). The third kappa shape index (κ3) is 5.31. The molecule has 1 spiro atoms. The molecule has 0 saturated carbocycles. The lowest BCUT2D eigenvalue weighted by Crippen LogP contribution is -2.26. The Hall–Kier alpha value is -8.98. The third-order valence-corrected chi connectivity index (χ3v) is 15.3. The first-order valence-corrected chi connectivity index (χ1v) is 24.0. The Morgan fingerprint density at radius 1 is 0.232 bits per heavy atom. The molecular formula is C67H42N2. The largest absolute Gasteiger partial charge is 0.309 e. The van der Waals surface area contributed by atoms with E-state index in [4.69, 9.17) is 0 Å². The lowest BCUT2D eigenvalue weighted by Gasteiger charge is -2.30. The average Bonchev–Trinajstić information content (AvgIpc) is 4.13. The monoisotopic (exact) mass is 874 g/mol. The molecule has 69 heavy (non-hydrogen) atoms. The molecule has 0 N–H and O–H groups in total. The molecule has 11 aromatic carbocycles. The lowest BCUT2D eigenvalue weighted by atomic mass is 9.70. The summed E-state index contributed by atoms with van der Waals surface area (Å²) >= 11 is 0. The van der Waals surface area contributed by atoms with E-state index in [1.54, 1.807) is 0 Å². The summed E-state index contributed by atoms with van der Waals surface area (Å²) in [6.45, 7) is 0. The van der Waals surface area contributed by atoms with Crippen LogP contribution in [0.5, 0.6) is 0 Å². The average molecular weight is 875 g/mol. The molecule has 2 nitrogen and oxygen atoms in total. The van der Waals surface area contributed by atoms with E-state index in [1.807, 2.05) is 0 Å². The molecule has 0 radical (unpaired) electrons. The first-order valence-electron chi connectivity index (χ1n) is 24.0. The Balaban J connectivity index is 0.940. The van der Waals surface area contributed by atoms with Gasteiger partial charge in [0, 0.05) is 32.9 Å². The summed E-state index contributed by atoms with van der Waals surface area (Å²) in [5.41, 5.74) is 24.6. The fourth-order valence-electron chi connectivity index (χ4n) is 12.5. The lowest BCUT2D eigenvalue weighted by molar-refractivity contribution is 0.792. The zero-order valence-corrected chi connectivity index (χ0v) is 37.6.